The molecule has 0 radical (unpaired) electrons. The Bertz CT molecular complexity index is 788. The second-order valence-electron chi connectivity index (χ2n) is 6.93. The molecule has 27 heavy (non-hydrogen) atoms. The van der Waals surface area contributed by atoms with E-state index in [2.05, 4.69) is 38.2 Å². The van der Waals surface area contributed by atoms with Crippen LogP contribution in [0, 0.1) is 0 Å². The molecule has 2 aromatic carbocycles. The number of anilines is 1. The van der Waals surface area contributed by atoms with Gasteiger partial charge >= 0.3 is 0 Å². The number of para-hydroxylation sites is 1. The second-order valence-corrected chi connectivity index (χ2v) is 7.36. The standard InChI is InChI=1S/C21H26ClN3O2/c1-13(2)17-6-5-7-18(14(3)4)20(17)24-19(26)12-27-25-21(23)15-8-10-16(22)11-9-15/h5-11,13-14H,12H2,1-4H3,(H2,23,25)(H,24,26). The number of carbonyl (C=O) groups excluding carboxylic acids is 1. The average molecular weight is 388 g/mol. The molecule has 0 fully saturated rings. The zero-order chi connectivity index (χ0) is 20.0. The molecule has 0 aliphatic carbocycles. The van der Waals surface area contributed by atoms with Gasteiger partial charge in [-0.2, -0.15) is 0 Å². The van der Waals surface area contributed by atoms with E-state index in [4.69, 9.17) is 22.2 Å². The van der Waals surface area contributed by atoms with Crippen LogP contribution in [0.1, 0.15) is 56.2 Å². The molecule has 0 spiro atoms. The number of oxime groups is 1. The van der Waals surface area contributed by atoms with E-state index in [0.29, 0.717) is 22.4 Å². The highest BCUT2D eigenvalue weighted by molar-refractivity contribution is 6.30. The highest BCUT2D eigenvalue weighted by atomic mass is 35.5. The third-order valence-corrected chi connectivity index (χ3v) is 4.39. The molecular formula is C21H26ClN3O2. The predicted molar refractivity (Wildman–Crippen MR) is 111 cm³/mol. The van der Waals surface area contributed by atoms with Crippen LogP contribution in [0.25, 0.3) is 0 Å². The van der Waals surface area contributed by atoms with Gasteiger partial charge in [-0.1, -0.05) is 62.7 Å². The van der Waals surface area contributed by atoms with Gasteiger partial charge in [-0.15, -0.1) is 0 Å². The Kier molecular flexibility index (Phi) is 7.25. The van der Waals surface area contributed by atoms with Gasteiger partial charge in [0.05, 0.1) is 0 Å². The van der Waals surface area contributed by atoms with E-state index in [1.54, 1.807) is 24.3 Å². The van der Waals surface area contributed by atoms with Crippen molar-refractivity contribution in [3.05, 3.63) is 64.2 Å². The summed E-state index contributed by atoms with van der Waals surface area (Å²) in [7, 11) is 0. The number of halogens is 1. The monoisotopic (exact) mass is 387 g/mol. The van der Waals surface area contributed by atoms with Gasteiger partial charge in [0.2, 0.25) is 0 Å². The Balaban J connectivity index is 2.05. The van der Waals surface area contributed by atoms with Gasteiger partial charge in [0.15, 0.2) is 12.4 Å². The number of hydrogen-bond donors (Lipinski definition) is 2. The molecule has 3 N–H and O–H groups in total. The lowest BCUT2D eigenvalue weighted by Gasteiger charge is -2.20. The van der Waals surface area contributed by atoms with Crippen molar-refractivity contribution in [2.24, 2.45) is 10.9 Å². The van der Waals surface area contributed by atoms with E-state index in [0.717, 1.165) is 16.8 Å². The Morgan fingerprint density at radius 1 is 1.07 bits per heavy atom. The smallest absolute Gasteiger partial charge is 0.265 e. The van der Waals surface area contributed by atoms with E-state index in [1.165, 1.54) is 0 Å². The Hall–Kier alpha value is -2.53. The first-order valence-electron chi connectivity index (χ1n) is 8.93. The number of hydrogen-bond acceptors (Lipinski definition) is 3. The zero-order valence-electron chi connectivity index (χ0n) is 16.1. The third-order valence-electron chi connectivity index (χ3n) is 4.14. The van der Waals surface area contributed by atoms with Crippen LogP contribution >= 0.6 is 11.6 Å². The maximum Gasteiger partial charge on any atom is 0.265 e. The Morgan fingerprint density at radius 3 is 2.15 bits per heavy atom. The molecule has 1 amide bonds. The fourth-order valence-corrected chi connectivity index (χ4v) is 2.83. The van der Waals surface area contributed by atoms with Gasteiger partial charge in [0, 0.05) is 16.3 Å². The van der Waals surface area contributed by atoms with Crippen LogP contribution in [-0.4, -0.2) is 18.3 Å². The molecule has 0 aliphatic rings. The second kappa shape index (κ2) is 9.42. The minimum Gasteiger partial charge on any atom is -0.384 e. The molecule has 0 heterocycles. The molecular weight excluding hydrogens is 362 g/mol. The van der Waals surface area contributed by atoms with Crippen LogP contribution in [0.4, 0.5) is 5.69 Å². The maximum atomic E-state index is 12.4. The zero-order valence-corrected chi connectivity index (χ0v) is 16.9. The average Bonchev–Trinajstić information content (AvgIpc) is 2.61. The summed E-state index contributed by atoms with van der Waals surface area (Å²) in [5.74, 6) is 0.486. The van der Waals surface area contributed by atoms with Crippen molar-refractivity contribution in [1.29, 1.82) is 0 Å². The SMILES string of the molecule is CC(C)c1cccc(C(C)C)c1NC(=O)CO/N=C(\N)c1ccc(Cl)cc1. The van der Waals surface area contributed by atoms with Gasteiger partial charge in [-0.3, -0.25) is 4.79 Å². The van der Waals surface area contributed by atoms with Crippen LogP contribution < -0.4 is 11.1 Å². The van der Waals surface area contributed by atoms with Crippen LogP contribution in [0.3, 0.4) is 0 Å². The number of amidine groups is 1. The summed E-state index contributed by atoms with van der Waals surface area (Å²) in [6.45, 7) is 8.18. The molecule has 2 aromatic rings. The van der Waals surface area contributed by atoms with Gasteiger partial charge in [-0.05, 0) is 47.2 Å². The maximum absolute atomic E-state index is 12.4. The normalized spacial score (nSPS) is 11.7. The van der Waals surface area contributed by atoms with Gasteiger partial charge in [-0.25, -0.2) is 0 Å². The van der Waals surface area contributed by atoms with Crippen LogP contribution in [0.2, 0.25) is 5.02 Å². The van der Waals surface area contributed by atoms with Crippen LogP contribution in [-0.2, 0) is 9.63 Å². The Labute approximate surface area is 165 Å². The molecule has 0 bridgehead atoms. The molecule has 0 saturated carbocycles. The number of benzene rings is 2. The summed E-state index contributed by atoms with van der Waals surface area (Å²) in [5.41, 5.74) is 9.58. The van der Waals surface area contributed by atoms with Crippen LogP contribution in [0.5, 0.6) is 0 Å². The largest absolute Gasteiger partial charge is 0.384 e. The topological polar surface area (TPSA) is 76.7 Å². The van der Waals surface area contributed by atoms with Gasteiger partial charge in [0.1, 0.15) is 0 Å². The summed E-state index contributed by atoms with van der Waals surface area (Å²) in [5, 5.41) is 7.39. The highest BCUT2D eigenvalue weighted by Gasteiger charge is 2.16. The number of amides is 1. The van der Waals surface area contributed by atoms with Crippen molar-refractivity contribution in [2.45, 2.75) is 39.5 Å². The lowest BCUT2D eigenvalue weighted by molar-refractivity contribution is -0.120. The Morgan fingerprint density at radius 2 is 1.63 bits per heavy atom. The van der Waals surface area contributed by atoms with Crippen molar-refractivity contribution in [3.63, 3.8) is 0 Å². The molecule has 6 heteroatoms. The van der Waals surface area contributed by atoms with E-state index in [9.17, 15) is 4.79 Å². The predicted octanol–water partition coefficient (Wildman–Crippen LogP) is 4.86. The van der Waals surface area contributed by atoms with Gasteiger partial charge < -0.3 is 15.9 Å². The molecule has 0 saturated heterocycles. The summed E-state index contributed by atoms with van der Waals surface area (Å²) >= 11 is 5.84. The van der Waals surface area contributed by atoms with Crippen molar-refractivity contribution >= 4 is 29.0 Å². The van der Waals surface area contributed by atoms with Crippen molar-refractivity contribution in [1.82, 2.24) is 0 Å². The molecule has 0 aromatic heterocycles. The van der Waals surface area contributed by atoms with Crippen molar-refractivity contribution in [3.8, 4) is 0 Å². The fraction of sp³-hybridized carbons (Fsp3) is 0.333. The number of nitrogens with one attached hydrogen (secondary N) is 1. The highest BCUT2D eigenvalue weighted by Crippen LogP contribution is 2.32. The summed E-state index contributed by atoms with van der Waals surface area (Å²) in [4.78, 5) is 17.5. The van der Waals surface area contributed by atoms with Crippen molar-refractivity contribution in [2.75, 3.05) is 11.9 Å². The molecule has 0 aliphatic heterocycles. The molecule has 144 valence electrons. The van der Waals surface area contributed by atoms with E-state index in [1.807, 2.05) is 18.2 Å². The summed E-state index contributed by atoms with van der Waals surface area (Å²) in [6.07, 6.45) is 0. The third kappa shape index (κ3) is 5.73. The minimum atomic E-state index is -0.280. The first kappa shape index (κ1) is 20.8. The number of nitrogens with two attached hydrogens (primary N) is 1. The molecule has 0 atom stereocenters. The number of nitrogens with zero attached hydrogens (tertiary/aromatic N) is 1. The fourth-order valence-electron chi connectivity index (χ4n) is 2.70. The van der Waals surface area contributed by atoms with E-state index in [-0.39, 0.29) is 18.3 Å². The summed E-state index contributed by atoms with van der Waals surface area (Å²) in [6, 6.07) is 13.0. The lowest BCUT2D eigenvalue weighted by atomic mass is 9.92. The van der Waals surface area contributed by atoms with Crippen molar-refractivity contribution < 1.29 is 9.63 Å². The first-order chi connectivity index (χ1) is 12.8. The summed E-state index contributed by atoms with van der Waals surface area (Å²) < 4.78 is 0. The van der Waals surface area contributed by atoms with E-state index < -0.39 is 0 Å². The first-order valence-corrected chi connectivity index (χ1v) is 9.31. The molecule has 0 unspecified atom stereocenters. The molecule has 2 rings (SSSR count). The molecule has 5 nitrogen and oxygen atoms in total. The quantitative estimate of drug-likeness (QED) is 0.404. The minimum absolute atomic E-state index is 0.185. The van der Waals surface area contributed by atoms with Crippen LogP contribution in [0.15, 0.2) is 47.6 Å². The van der Waals surface area contributed by atoms with E-state index >= 15 is 0 Å². The number of carbonyl (C=O) groups is 1. The van der Waals surface area contributed by atoms with Gasteiger partial charge in [0.25, 0.3) is 5.91 Å². The lowest BCUT2D eigenvalue weighted by Crippen LogP contribution is -2.21. The number of rotatable bonds is 7.